The summed E-state index contributed by atoms with van der Waals surface area (Å²) >= 11 is 0. The maximum atomic E-state index is 12.7. The summed E-state index contributed by atoms with van der Waals surface area (Å²) in [6.45, 7) is 7.70. The summed E-state index contributed by atoms with van der Waals surface area (Å²) in [6.07, 6.45) is 0. The average molecular weight is 332 g/mol. The first-order chi connectivity index (χ1) is 10.7. The lowest BCUT2D eigenvalue weighted by atomic mass is 10.0. The van der Waals surface area contributed by atoms with E-state index in [1.54, 1.807) is 0 Å². The van der Waals surface area contributed by atoms with Crippen LogP contribution >= 0.6 is 0 Å². The van der Waals surface area contributed by atoms with E-state index >= 15 is 0 Å². The van der Waals surface area contributed by atoms with E-state index < -0.39 is 10.0 Å². The highest BCUT2D eigenvalue weighted by Crippen LogP contribution is 2.26. The molecule has 1 atom stereocenters. The Morgan fingerprint density at radius 2 is 1.52 bits per heavy atom. The van der Waals surface area contributed by atoms with Gasteiger partial charge in [0.05, 0.1) is 4.90 Å². The van der Waals surface area contributed by atoms with Crippen LogP contribution in [0, 0.1) is 27.7 Å². The van der Waals surface area contributed by atoms with E-state index in [9.17, 15) is 8.42 Å². The van der Waals surface area contributed by atoms with E-state index in [-0.39, 0.29) is 12.6 Å². The molecule has 0 saturated carbocycles. The lowest BCUT2D eigenvalue weighted by Crippen LogP contribution is -2.33. The molecule has 0 heterocycles. The van der Waals surface area contributed by atoms with Gasteiger partial charge in [-0.1, -0.05) is 36.4 Å². The molecular formula is C18H24N2O2S. The Balaban J connectivity index is 2.27. The predicted octanol–water partition coefficient (Wildman–Crippen LogP) is 2.90. The minimum atomic E-state index is -3.60. The zero-order valence-electron chi connectivity index (χ0n) is 14.1. The first-order valence-corrected chi connectivity index (χ1v) is 9.10. The number of hydrogen-bond donors (Lipinski definition) is 2. The molecule has 0 aliphatic rings. The van der Waals surface area contributed by atoms with Crippen LogP contribution in [0.5, 0.6) is 0 Å². The van der Waals surface area contributed by atoms with E-state index in [1.807, 2.05) is 64.1 Å². The van der Waals surface area contributed by atoms with Gasteiger partial charge in [0.1, 0.15) is 0 Å². The Hall–Kier alpha value is -1.69. The van der Waals surface area contributed by atoms with Crippen molar-refractivity contribution in [2.45, 2.75) is 38.6 Å². The standard InChI is InChI=1S/C18H24N2O2S/c1-12-10-13(2)15(4)18(14(12)3)23(21,22)20-11-17(19)16-8-6-5-7-9-16/h5-10,17,20H,11,19H2,1-4H3. The third-order valence-electron chi connectivity index (χ3n) is 4.29. The van der Waals surface area contributed by atoms with Gasteiger partial charge in [0.15, 0.2) is 0 Å². The molecule has 0 amide bonds. The summed E-state index contributed by atoms with van der Waals surface area (Å²) in [5.41, 5.74) is 10.5. The molecule has 2 rings (SSSR count). The number of benzene rings is 2. The minimum Gasteiger partial charge on any atom is -0.323 e. The molecule has 0 aliphatic carbocycles. The monoisotopic (exact) mass is 332 g/mol. The van der Waals surface area contributed by atoms with Gasteiger partial charge in [-0.2, -0.15) is 0 Å². The topological polar surface area (TPSA) is 72.2 Å². The fourth-order valence-corrected chi connectivity index (χ4v) is 4.34. The van der Waals surface area contributed by atoms with Crippen LogP contribution in [0.25, 0.3) is 0 Å². The van der Waals surface area contributed by atoms with Crippen molar-refractivity contribution in [3.63, 3.8) is 0 Å². The molecule has 0 bridgehead atoms. The summed E-state index contributed by atoms with van der Waals surface area (Å²) < 4.78 is 28.2. The second kappa shape index (κ2) is 6.83. The van der Waals surface area contributed by atoms with Gasteiger partial charge >= 0.3 is 0 Å². The highest BCUT2D eigenvalue weighted by molar-refractivity contribution is 7.89. The van der Waals surface area contributed by atoms with Gasteiger partial charge in [0.2, 0.25) is 10.0 Å². The van der Waals surface area contributed by atoms with Gasteiger partial charge in [0, 0.05) is 12.6 Å². The van der Waals surface area contributed by atoms with Gasteiger partial charge < -0.3 is 5.73 Å². The molecule has 23 heavy (non-hydrogen) atoms. The van der Waals surface area contributed by atoms with E-state index in [0.29, 0.717) is 4.90 Å². The molecule has 124 valence electrons. The van der Waals surface area contributed by atoms with Crippen LogP contribution in [-0.4, -0.2) is 15.0 Å². The quantitative estimate of drug-likeness (QED) is 0.884. The first kappa shape index (κ1) is 17.7. The van der Waals surface area contributed by atoms with Gasteiger partial charge in [0.25, 0.3) is 0 Å². The van der Waals surface area contributed by atoms with E-state index in [1.165, 1.54) is 0 Å². The number of hydrogen-bond acceptors (Lipinski definition) is 3. The largest absolute Gasteiger partial charge is 0.323 e. The second-order valence-corrected chi connectivity index (χ2v) is 7.66. The van der Waals surface area contributed by atoms with Crippen LogP contribution < -0.4 is 10.5 Å². The van der Waals surface area contributed by atoms with Crippen LogP contribution in [0.3, 0.4) is 0 Å². The lowest BCUT2D eigenvalue weighted by Gasteiger charge is -2.18. The smallest absolute Gasteiger partial charge is 0.241 e. The molecule has 0 saturated heterocycles. The average Bonchev–Trinajstić information content (AvgIpc) is 2.51. The van der Waals surface area contributed by atoms with Crippen LogP contribution in [0.15, 0.2) is 41.3 Å². The van der Waals surface area contributed by atoms with E-state index in [0.717, 1.165) is 27.8 Å². The van der Waals surface area contributed by atoms with Crippen molar-refractivity contribution in [2.75, 3.05) is 6.54 Å². The van der Waals surface area contributed by atoms with Crippen molar-refractivity contribution in [2.24, 2.45) is 5.73 Å². The van der Waals surface area contributed by atoms with Crippen molar-refractivity contribution in [3.8, 4) is 0 Å². The van der Waals surface area contributed by atoms with Crippen LogP contribution in [0.4, 0.5) is 0 Å². The summed E-state index contributed by atoms with van der Waals surface area (Å²) in [6, 6.07) is 11.1. The van der Waals surface area contributed by atoms with Crippen molar-refractivity contribution < 1.29 is 8.42 Å². The van der Waals surface area contributed by atoms with Crippen LogP contribution in [0.2, 0.25) is 0 Å². The Labute approximate surface area is 138 Å². The Morgan fingerprint density at radius 1 is 1.00 bits per heavy atom. The van der Waals surface area contributed by atoms with Crippen molar-refractivity contribution in [1.29, 1.82) is 0 Å². The van der Waals surface area contributed by atoms with Gasteiger partial charge in [-0.05, 0) is 55.5 Å². The first-order valence-electron chi connectivity index (χ1n) is 7.61. The molecule has 0 radical (unpaired) electrons. The van der Waals surface area contributed by atoms with Crippen LogP contribution in [-0.2, 0) is 10.0 Å². The van der Waals surface area contributed by atoms with Crippen molar-refractivity contribution >= 4 is 10.0 Å². The molecule has 2 aromatic carbocycles. The van der Waals surface area contributed by atoms with Gasteiger partial charge in [-0.25, -0.2) is 13.1 Å². The molecule has 0 aromatic heterocycles. The highest BCUT2D eigenvalue weighted by Gasteiger charge is 2.22. The summed E-state index contributed by atoms with van der Waals surface area (Å²) in [7, 11) is -3.60. The molecule has 0 spiro atoms. The van der Waals surface area contributed by atoms with E-state index in [4.69, 9.17) is 5.73 Å². The third-order valence-corrected chi connectivity index (χ3v) is 5.98. The van der Waals surface area contributed by atoms with E-state index in [2.05, 4.69) is 4.72 Å². The molecule has 4 nitrogen and oxygen atoms in total. The summed E-state index contributed by atoms with van der Waals surface area (Å²) in [4.78, 5) is 0.371. The minimum absolute atomic E-state index is 0.165. The van der Waals surface area contributed by atoms with Crippen molar-refractivity contribution in [1.82, 2.24) is 4.72 Å². The maximum Gasteiger partial charge on any atom is 0.241 e. The van der Waals surface area contributed by atoms with Crippen molar-refractivity contribution in [3.05, 3.63) is 64.2 Å². The number of rotatable bonds is 5. The van der Waals surface area contributed by atoms with Crippen LogP contribution in [0.1, 0.15) is 33.9 Å². The fourth-order valence-electron chi connectivity index (χ4n) is 2.67. The zero-order valence-corrected chi connectivity index (χ0v) is 14.9. The number of aryl methyl sites for hydroxylation is 2. The molecule has 1 unspecified atom stereocenters. The normalized spacial score (nSPS) is 13.1. The summed E-state index contributed by atoms with van der Waals surface area (Å²) in [5.74, 6) is 0. The predicted molar refractivity (Wildman–Crippen MR) is 93.9 cm³/mol. The molecule has 0 aliphatic heterocycles. The highest BCUT2D eigenvalue weighted by atomic mass is 32.2. The SMILES string of the molecule is Cc1cc(C)c(C)c(S(=O)(=O)NCC(N)c2ccccc2)c1C. The molecule has 3 N–H and O–H groups in total. The fraction of sp³-hybridized carbons (Fsp3) is 0.333. The molecule has 2 aromatic rings. The third kappa shape index (κ3) is 3.80. The zero-order chi connectivity index (χ0) is 17.2. The Bertz CT molecular complexity index is 773. The second-order valence-electron chi connectivity index (χ2n) is 5.96. The maximum absolute atomic E-state index is 12.7. The lowest BCUT2D eigenvalue weighted by molar-refractivity contribution is 0.571. The number of sulfonamides is 1. The Morgan fingerprint density at radius 3 is 2.04 bits per heavy atom. The Kier molecular flexibility index (Phi) is 5.24. The molecular weight excluding hydrogens is 308 g/mol. The number of nitrogens with two attached hydrogens (primary N) is 1. The number of nitrogens with one attached hydrogen (secondary N) is 1. The van der Waals surface area contributed by atoms with Gasteiger partial charge in [-0.15, -0.1) is 0 Å². The summed E-state index contributed by atoms with van der Waals surface area (Å²) in [5, 5.41) is 0. The van der Waals surface area contributed by atoms with Gasteiger partial charge in [-0.3, -0.25) is 0 Å². The molecule has 0 fully saturated rings. The molecule has 5 heteroatoms.